The lowest BCUT2D eigenvalue weighted by Gasteiger charge is -2.13. The van der Waals surface area contributed by atoms with Crippen LogP contribution < -0.4 is 11.3 Å². The lowest BCUT2D eigenvalue weighted by Crippen LogP contribution is -2.31. The van der Waals surface area contributed by atoms with Gasteiger partial charge in [-0.2, -0.15) is 0 Å². The number of hydrogen-bond acceptors (Lipinski definition) is 2. The van der Waals surface area contributed by atoms with Gasteiger partial charge in [0.05, 0.1) is 0 Å². The molecule has 0 aromatic carbocycles. The van der Waals surface area contributed by atoms with E-state index < -0.39 is 0 Å². The zero-order valence-corrected chi connectivity index (χ0v) is 8.49. The lowest BCUT2D eigenvalue weighted by molar-refractivity contribution is 0.555. The van der Waals surface area contributed by atoms with Crippen LogP contribution in [0.4, 0.5) is 0 Å². The van der Waals surface area contributed by atoms with E-state index in [-0.39, 0.29) is 11.6 Å². The molecule has 0 radical (unpaired) electrons. The minimum atomic E-state index is 0.0415. The summed E-state index contributed by atoms with van der Waals surface area (Å²) in [4.78, 5) is 11.6. The van der Waals surface area contributed by atoms with E-state index in [2.05, 4.69) is 0 Å². The highest BCUT2D eigenvalue weighted by molar-refractivity contribution is 5.25. The number of fused-ring (bicyclic) bond motifs is 1. The maximum Gasteiger partial charge on any atom is 0.250 e. The second-order valence-corrected chi connectivity index (χ2v) is 4.08. The van der Waals surface area contributed by atoms with Gasteiger partial charge in [-0.05, 0) is 31.7 Å². The predicted octanol–water partition coefficient (Wildman–Crippen LogP) is 0.684. The molecule has 1 aromatic heterocycles. The molecule has 2 N–H and O–H groups in total. The number of hydrogen-bond donors (Lipinski definition) is 1. The normalized spacial score (nSPS) is 16.7. The van der Waals surface area contributed by atoms with Crippen LogP contribution in [0.1, 0.15) is 24.6 Å². The SMILES string of the molecule is C[C@H](N)Cn1c2c(ccc1=O)CCC2. The van der Waals surface area contributed by atoms with Gasteiger partial charge in [-0.15, -0.1) is 0 Å². The van der Waals surface area contributed by atoms with Gasteiger partial charge in [0.25, 0.3) is 5.56 Å². The van der Waals surface area contributed by atoms with Crippen LogP contribution in [0.5, 0.6) is 0 Å². The molecule has 14 heavy (non-hydrogen) atoms. The Hall–Kier alpha value is -1.09. The number of rotatable bonds is 2. The Morgan fingerprint density at radius 2 is 2.29 bits per heavy atom. The van der Waals surface area contributed by atoms with E-state index in [1.165, 1.54) is 11.3 Å². The Morgan fingerprint density at radius 3 is 3.00 bits per heavy atom. The van der Waals surface area contributed by atoms with Gasteiger partial charge in [-0.25, -0.2) is 0 Å². The Morgan fingerprint density at radius 1 is 1.50 bits per heavy atom. The fraction of sp³-hybridized carbons (Fsp3) is 0.545. The predicted molar refractivity (Wildman–Crippen MR) is 56.4 cm³/mol. The molecule has 0 spiro atoms. The first-order chi connectivity index (χ1) is 6.68. The van der Waals surface area contributed by atoms with Crippen molar-refractivity contribution < 1.29 is 0 Å². The highest BCUT2D eigenvalue weighted by Crippen LogP contribution is 2.19. The van der Waals surface area contributed by atoms with Gasteiger partial charge >= 0.3 is 0 Å². The molecule has 1 aliphatic rings. The van der Waals surface area contributed by atoms with E-state index in [1.54, 1.807) is 6.07 Å². The summed E-state index contributed by atoms with van der Waals surface area (Å²) in [6.45, 7) is 2.57. The maximum atomic E-state index is 11.6. The molecule has 1 aromatic rings. The molecule has 0 saturated heterocycles. The Bertz CT molecular complexity index is 393. The van der Waals surface area contributed by atoms with Crippen LogP contribution in [0.2, 0.25) is 0 Å². The van der Waals surface area contributed by atoms with E-state index in [9.17, 15) is 4.79 Å². The summed E-state index contributed by atoms with van der Waals surface area (Å²) in [6, 6.07) is 3.66. The molecular weight excluding hydrogens is 176 g/mol. The van der Waals surface area contributed by atoms with E-state index in [4.69, 9.17) is 5.73 Å². The maximum absolute atomic E-state index is 11.6. The van der Waals surface area contributed by atoms with Gasteiger partial charge < -0.3 is 10.3 Å². The average Bonchev–Trinajstić information content (AvgIpc) is 2.57. The van der Waals surface area contributed by atoms with Crippen molar-refractivity contribution >= 4 is 0 Å². The minimum absolute atomic E-state index is 0.0415. The number of aryl methyl sites for hydroxylation is 1. The second kappa shape index (κ2) is 3.58. The van der Waals surface area contributed by atoms with Crippen molar-refractivity contribution in [2.45, 2.75) is 38.8 Å². The number of nitrogens with zero attached hydrogens (tertiary/aromatic N) is 1. The summed E-state index contributed by atoms with van der Waals surface area (Å²) in [5.41, 5.74) is 8.34. The van der Waals surface area contributed by atoms with Crippen molar-refractivity contribution in [3.8, 4) is 0 Å². The highest BCUT2D eigenvalue weighted by Gasteiger charge is 2.15. The Kier molecular flexibility index (Phi) is 2.42. The van der Waals surface area contributed by atoms with E-state index in [1.807, 2.05) is 17.6 Å². The van der Waals surface area contributed by atoms with Crippen molar-refractivity contribution in [2.24, 2.45) is 5.73 Å². The molecule has 1 atom stereocenters. The van der Waals surface area contributed by atoms with Crippen LogP contribution in [-0.4, -0.2) is 10.6 Å². The molecule has 3 heteroatoms. The molecule has 1 heterocycles. The smallest absolute Gasteiger partial charge is 0.250 e. The fourth-order valence-corrected chi connectivity index (χ4v) is 2.12. The first-order valence-electron chi connectivity index (χ1n) is 5.15. The zero-order valence-electron chi connectivity index (χ0n) is 8.49. The molecule has 0 fully saturated rings. The summed E-state index contributed by atoms with van der Waals surface area (Å²) >= 11 is 0. The second-order valence-electron chi connectivity index (χ2n) is 4.08. The third kappa shape index (κ3) is 1.60. The van der Waals surface area contributed by atoms with Gasteiger partial charge in [0.15, 0.2) is 0 Å². The van der Waals surface area contributed by atoms with Crippen LogP contribution >= 0.6 is 0 Å². The first kappa shape index (κ1) is 9.46. The van der Waals surface area contributed by atoms with E-state index in [0.717, 1.165) is 19.3 Å². The molecule has 0 amide bonds. The van der Waals surface area contributed by atoms with Crippen LogP contribution in [-0.2, 0) is 19.4 Å². The van der Waals surface area contributed by atoms with Gasteiger partial charge in [0, 0.05) is 24.3 Å². The monoisotopic (exact) mass is 192 g/mol. The summed E-state index contributed by atoms with van der Waals surface area (Å²) in [5, 5.41) is 0. The fourth-order valence-electron chi connectivity index (χ4n) is 2.12. The lowest BCUT2D eigenvalue weighted by atomic mass is 10.2. The number of pyridine rings is 1. The van der Waals surface area contributed by atoms with Crippen molar-refractivity contribution in [1.29, 1.82) is 0 Å². The highest BCUT2D eigenvalue weighted by atomic mass is 16.1. The molecule has 2 rings (SSSR count). The molecule has 1 aliphatic carbocycles. The van der Waals surface area contributed by atoms with Crippen LogP contribution in [0.25, 0.3) is 0 Å². The van der Waals surface area contributed by atoms with E-state index >= 15 is 0 Å². The van der Waals surface area contributed by atoms with E-state index in [0.29, 0.717) is 6.54 Å². The van der Waals surface area contributed by atoms with Gasteiger partial charge in [0.1, 0.15) is 0 Å². The number of nitrogens with two attached hydrogens (primary N) is 1. The summed E-state index contributed by atoms with van der Waals surface area (Å²) < 4.78 is 1.84. The molecular formula is C11H16N2O. The van der Waals surface area contributed by atoms with Crippen LogP contribution in [0.3, 0.4) is 0 Å². The van der Waals surface area contributed by atoms with Crippen LogP contribution in [0, 0.1) is 0 Å². The quantitative estimate of drug-likeness (QED) is 0.749. The van der Waals surface area contributed by atoms with Crippen molar-refractivity contribution in [3.63, 3.8) is 0 Å². The summed E-state index contributed by atoms with van der Waals surface area (Å²) in [6.07, 6.45) is 3.30. The third-order valence-electron chi connectivity index (χ3n) is 2.72. The molecule has 0 bridgehead atoms. The van der Waals surface area contributed by atoms with Gasteiger partial charge in [-0.3, -0.25) is 4.79 Å². The zero-order chi connectivity index (χ0) is 10.1. The summed E-state index contributed by atoms with van der Waals surface area (Å²) in [7, 11) is 0. The van der Waals surface area contributed by atoms with Crippen molar-refractivity contribution in [1.82, 2.24) is 4.57 Å². The van der Waals surface area contributed by atoms with Gasteiger partial charge in [-0.1, -0.05) is 6.07 Å². The molecule has 0 saturated carbocycles. The average molecular weight is 192 g/mol. The van der Waals surface area contributed by atoms with Crippen molar-refractivity contribution in [3.05, 3.63) is 33.7 Å². The van der Waals surface area contributed by atoms with Crippen molar-refractivity contribution in [2.75, 3.05) is 0 Å². The third-order valence-corrected chi connectivity index (χ3v) is 2.72. The molecule has 0 aliphatic heterocycles. The largest absolute Gasteiger partial charge is 0.326 e. The molecule has 76 valence electrons. The first-order valence-corrected chi connectivity index (χ1v) is 5.15. The van der Waals surface area contributed by atoms with Crippen LogP contribution in [0.15, 0.2) is 16.9 Å². The Balaban J connectivity index is 2.46. The molecule has 0 unspecified atom stereocenters. The summed E-state index contributed by atoms with van der Waals surface area (Å²) in [5.74, 6) is 0. The van der Waals surface area contributed by atoms with Gasteiger partial charge in [0.2, 0.25) is 0 Å². The minimum Gasteiger partial charge on any atom is -0.326 e. The topological polar surface area (TPSA) is 48.0 Å². The molecule has 3 nitrogen and oxygen atoms in total. The Labute approximate surface area is 83.5 Å². The standard InChI is InChI=1S/C11H16N2O/c1-8(12)7-13-10-4-2-3-9(10)5-6-11(13)14/h5-6,8H,2-4,7,12H2,1H3/t8-/m0/s1. The number of aromatic nitrogens is 1.